The predicted molar refractivity (Wildman–Crippen MR) is 108 cm³/mol. The molecule has 1 saturated heterocycles. The van der Waals surface area contributed by atoms with Crippen molar-refractivity contribution in [3.8, 4) is 5.75 Å². The van der Waals surface area contributed by atoms with Crippen LogP contribution in [0.2, 0.25) is 0 Å². The van der Waals surface area contributed by atoms with E-state index in [1.54, 1.807) is 7.11 Å². The number of carbonyl (C=O) groups is 1. The topological polar surface area (TPSA) is 50.6 Å². The lowest BCUT2D eigenvalue weighted by Crippen LogP contribution is -2.54. The summed E-state index contributed by atoms with van der Waals surface area (Å²) in [7, 11) is 1.69. The highest BCUT2D eigenvalue weighted by molar-refractivity contribution is 5.93. The third-order valence-corrected chi connectivity index (χ3v) is 5.22. The maximum absolute atomic E-state index is 13.2. The van der Waals surface area contributed by atoms with Crippen molar-refractivity contribution >= 4 is 11.6 Å². The Morgan fingerprint density at radius 3 is 2.67 bits per heavy atom. The van der Waals surface area contributed by atoms with Gasteiger partial charge in [-0.2, -0.15) is 5.10 Å². The van der Waals surface area contributed by atoms with Gasteiger partial charge in [-0.3, -0.25) is 9.48 Å². The number of aryl methyl sites for hydroxylation is 1. The summed E-state index contributed by atoms with van der Waals surface area (Å²) >= 11 is 0. The number of aromatic nitrogens is 2. The Morgan fingerprint density at radius 2 is 2.04 bits per heavy atom. The molecule has 0 radical (unpaired) electrons. The quantitative estimate of drug-likeness (QED) is 0.810. The fourth-order valence-electron chi connectivity index (χ4n) is 3.65. The summed E-state index contributed by atoms with van der Waals surface area (Å²) < 4.78 is 7.33. The van der Waals surface area contributed by atoms with Crippen LogP contribution >= 0.6 is 0 Å². The van der Waals surface area contributed by atoms with Gasteiger partial charge >= 0.3 is 0 Å². The number of anilines is 1. The van der Waals surface area contributed by atoms with Crippen LogP contribution in [0.3, 0.4) is 0 Å². The van der Waals surface area contributed by atoms with Gasteiger partial charge < -0.3 is 14.5 Å². The van der Waals surface area contributed by atoms with Crippen LogP contribution < -0.4 is 9.64 Å². The van der Waals surface area contributed by atoms with E-state index < -0.39 is 0 Å². The summed E-state index contributed by atoms with van der Waals surface area (Å²) in [5, 5.41) is 4.60. The Hall–Kier alpha value is -2.50. The van der Waals surface area contributed by atoms with Crippen molar-refractivity contribution in [2.24, 2.45) is 0 Å². The van der Waals surface area contributed by atoms with E-state index in [0.29, 0.717) is 24.7 Å². The van der Waals surface area contributed by atoms with Crippen LogP contribution in [0, 0.1) is 0 Å². The molecule has 1 aromatic carbocycles. The standard InChI is InChI=1S/C21H30N4O2/c1-6-25-19(13-17(22-25)15(2)3)21(26)24-12-11-23(14-16(24)4)18-9-7-8-10-20(18)27-5/h7-10,13,15-16H,6,11-12,14H2,1-5H3. The second-order valence-corrected chi connectivity index (χ2v) is 7.39. The van der Waals surface area contributed by atoms with Crippen LogP contribution in [-0.2, 0) is 6.54 Å². The molecule has 1 fully saturated rings. The zero-order chi connectivity index (χ0) is 19.6. The predicted octanol–water partition coefficient (Wildman–Crippen LogP) is 3.39. The van der Waals surface area contributed by atoms with Crippen molar-refractivity contribution in [2.45, 2.75) is 46.2 Å². The second-order valence-electron chi connectivity index (χ2n) is 7.39. The third-order valence-electron chi connectivity index (χ3n) is 5.22. The molecule has 0 spiro atoms. The van der Waals surface area contributed by atoms with Crippen molar-refractivity contribution in [1.82, 2.24) is 14.7 Å². The number of para-hydroxylation sites is 2. The molecule has 27 heavy (non-hydrogen) atoms. The fourth-order valence-corrected chi connectivity index (χ4v) is 3.65. The number of benzene rings is 1. The van der Waals surface area contributed by atoms with E-state index in [0.717, 1.165) is 30.2 Å². The van der Waals surface area contributed by atoms with E-state index >= 15 is 0 Å². The smallest absolute Gasteiger partial charge is 0.272 e. The van der Waals surface area contributed by atoms with Crippen LogP contribution in [0.15, 0.2) is 30.3 Å². The minimum Gasteiger partial charge on any atom is -0.495 e. The molecule has 0 saturated carbocycles. The van der Waals surface area contributed by atoms with Gasteiger partial charge in [0.15, 0.2) is 0 Å². The molecule has 146 valence electrons. The maximum atomic E-state index is 13.2. The molecule has 0 aliphatic carbocycles. The van der Waals surface area contributed by atoms with Crippen molar-refractivity contribution < 1.29 is 9.53 Å². The fraction of sp³-hybridized carbons (Fsp3) is 0.524. The van der Waals surface area contributed by atoms with Crippen LogP contribution in [0.5, 0.6) is 5.75 Å². The minimum atomic E-state index is 0.0726. The minimum absolute atomic E-state index is 0.0726. The first-order chi connectivity index (χ1) is 13.0. The van der Waals surface area contributed by atoms with Gasteiger partial charge in [0, 0.05) is 32.2 Å². The highest BCUT2D eigenvalue weighted by Gasteiger charge is 2.31. The highest BCUT2D eigenvalue weighted by atomic mass is 16.5. The SMILES string of the molecule is CCn1nc(C(C)C)cc1C(=O)N1CCN(c2ccccc2OC)CC1C. The van der Waals surface area contributed by atoms with E-state index in [-0.39, 0.29) is 11.9 Å². The molecular formula is C21H30N4O2. The van der Waals surface area contributed by atoms with Gasteiger partial charge in [-0.15, -0.1) is 0 Å². The van der Waals surface area contributed by atoms with Gasteiger partial charge in [-0.25, -0.2) is 0 Å². The summed E-state index contributed by atoms with van der Waals surface area (Å²) in [5.74, 6) is 1.25. The van der Waals surface area contributed by atoms with Gasteiger partial charge in [0.1, 0.15) is 11.4 Å². The second kappa shape index (κ2) is 8.03. The lowest BCUT2D eigenvalue weighted by atomic mass is 10.1. The van der Waals surface area contributed by atoms with Gasteiger partial charge in [-0.1, -0.05) is 26.0 Å². The van der Waals surface area contributed by atoms with Crippen molar-refractivity contribution in [3.05, 3.63) is 41.7 Å². The van der Waals surface area contributed by atoms with Crippen LogP contribution in [0.4, 0.5) is 5.69 Å². The van der Waals surface area contributed by atoms with Gasteiger partial charge in [0.25, 0.3) is 5.91 Å². The Balaban J connectivity index is 1.78. The summed E-state index contributed by atoms with van der Waals surface area (Å²) in [4.78, 5) is 17.5. The highest BCUT2D eigenvalue weighted by Crippen LogP contribution is 2.30. The number of hydrogen-bond acceptors (Lipinski definition) is 4. The average Bonchev–Trinajstić information content (AvgIpc) is 3.12. The Bertz CT molecular complexity index is 799. The zero-order valence-corrected chi connectivity index (χ0v) is 17.0. The molecule has 1 aliphatic heterocycles. The number of ether oxygens (including phenoxy) is 1. The summed E-state index contributed by atoms with van der Waals surface area (Å²) in [6.07, 6.45) is 0. The first-order valence-corrected chi connectivity index (χ1v) is 9.72. The molecule has 1 aromatic heterocycles. The van der Waals surface area contributed by atoms with Crippen LogP contribution in [0.1, 0.15) is 49.8 Å². The molecule has 0 N–H and O–H groups in total. The van der Waals surface area contributed by atoms with Gasteiger partial charge in [0.2, 0.25) is 0 Å². The third kappa shape index (κ3) is 3.80. The number of methoxy groups -OCH3 is 1. The molecule has 0 bridgehead atoms. The number of piperazine rings is 1. The summed E-state index contributed by atoms with van der Waals surface area (Å²) in [6, 6.07) is 10.1. The summed E-state index contributed by atoms with van der Waals surface area (Å²) in [6.45, 7) is 11.3. The van der Waals surface area contributed by atoms with Crippen molar-refractivity contribution in [1.29, 1.82) is 0 Å². The maximum Gasteiger partial charge on any atom is 0.272 e. The molecule has 2 heterocycles. The lowest BCUT2D eigenvalue weighted by Gasteiger charge is -2.41. The Kier molecular flexibility index (Phi) is 5.73. The van der Waals surface area contributed by atoms with Crippen LogP contribution in [-0.4, -0.2) is 53.4 Å². The van der Waals surface area contributed by atoms with Gasteiger partial charge in [0.05, 0.1) is 18.5 Å². The van der Waals surface area contributed by atoms with E-state index in [4.69, 9.17) is 4.74 Å². The number of carbonyl (C=O) groups excluding carboxylic acids is 1. The number of rotatable bonds is 5. The van der Waals surface area contributed by atoms with Gasteiger partial charge in [-0.05, 0) is 38.0 Å². The van der Waals surface area contributed by atoms with E-state index in [2.05, 4.69) is 36.8 Å². The average molecular weight is 370 g/mol. The van der Waals surface area contributed by atoms with E-state index in [9.17, 15) is 4.79 Å². The molecule has 1 atom stereocenters. The molecular weight excluding hydrogens is 340 g/mol. The molecule has 3 rings (SSSR count). The van der Waals surface area contributed by atoms with E-state index in [1.165, 1.54) is 0 Å². The van der Waals surface area contributed by atoms with Crippen molar-refractivity contribution in [2.75, 3.05) is 31.6 Å². The number of nitrogens with zero attached hydrogens (tertiary/aromatic N) is 4. The monoisotopic (exact) mass is 370 g/mol. The molecule has 6 nitrogen and oxygen atoms in total. The Morgan fingerprint density at radius 1 is 1.30 bits per heavy atom. The van der Waals surface area contributed by atoms with Crippen LogP contribution in [0.25, 0.3) is 0 Å². The van der Waals surface area contributed by atoms with Crippen molar-refractivity contribution in [3.63, 3.8) is 0 Å². The first kappa shape index (κ1) is 19.3. The molecule has 1 amide bonds. The Labute approximate surface area is 161 Å². The lowest BCUT2D eigenvalue weighted by molar-refractivity contribution is 0.0661. The molecule has 1 unspecified atom stereocenters. The number of amides is 1. The molecule has 2 aromatic rings. The largest absolute Gasteiger partial charge is 0.495 e. The normalized spacial score (nSPS) is 17.5. The zero-order valence-electron chi connectivity index (χ0n) is 17.0. The molecule has 1 aliphatic rings. The number of hydrogen-bond donors (Lipinski definition) is 0. The summed E-state index contributed by atoms with van der Waals surface area (Å²) in [5.41, 5.74) is 2.75. The van der Waals surface area contributed by atoms with E-state index in [1.807, 2.05) is 40.8 Å². The molecule has 6 heteroatoms. The first-order valence-electron chi connectivity index (χ1n) is 9.72.